The monoisotopic (exact) mass is 350 g/mol. The van der Waals surface area contributed by atoms with E-state index < -0.39 is 0 Å². The zero-order valence-electron chi connectivity index (χ0n) is 15.3. The molecule has 0 unspecified atom stereocenters. The summed E-state index contributed by atoms with van der Waals surface area (Å²) in [4.78, 5) is 14.6. The molecule has 1 atom stereocenters. The Balaban J connectivity index is 1.36. The van der Waals surface area contributed by atoms with Gasteiger partial charge in [0.05, 0.1) is 11.7 Å². The van der Waals surface area contributed by atoms with Gasteiger partial charge in [0.1, 0.15) is 12.4 Å². The maximum absolute atomic E-state index is 12.6. The van der Waals surface area contributed by atoms with Gasteiger partial charge in [-0.3, -0.25) is 10.1 Å². The highest BCUT2D eigenvalue weighted by molar-refractivity contribution is 5.85. The molecule has 0 bridgehead atoms. The summed E-state index contributed by atoms with van der Waals surface area (Å²) in [6.45, 7) is 0.566. The average molecular weight is 350 g/mol. The molecule has 1 heterocycles. The van der Waals surface area contributed by atoms with Crippen molar-refractivity contribution in [2.45, 2.75) is 50.4 Å². The molecule has 2 aromatic carbocycles. The van der Waals surface area contributed by atoms with Gasteiger partial charge in [-0.25, -0.2) is 0 Å². The SMILES string of the molecule is CN1C(=O)[C@H](Cc2ccc(OCc3ccccc3)cc2)NC12CCCC2. The molecule has 1 aliphatic heterocycles. The largest absolute Gasteiger partial charge is 0.489 e. The lowest BCUT2D eigenvalue weighted by atomic mass is 10.1. The molecule has 0 aromatic heterocycles. The van der Waals surface area contributed by atoms with E-state index in [2.05, 4.69) is 29.6 Å². The van der Waals surface area contributed by atoms with E-state index in [1.807, 2.05) is 42.3 Å². The van der Waals surface area contributed by atoms with Gasteiger partial charge in [-0.2, -0.15) is 0 Å². The fourth-order valence-electron chi connectivity index (χ4n) is 4.20. The third-order valence-electron chi connectivity index (χ3n) is 5.76. The average Bonchev–Trinajstić information content (AvgIpc) is 3.24. The number of likely N-dealkylation sites (N-methyl/N-ethyl adjacent to an activating group) is 1. The Hall–Kier alpha value is -2.33. The Morgan fingerprint density at radius 2 is 1.73 bits per heavy atom. The molecule has 4 heteroatoms. The minimum atomic E-state index is -0.116. The van der Waals surface area contributed by atoms with Crippen LogP contribution in [0.3, 0.4) is 0 Å². The number of hydrogen-bond acceptors (Lipinski definition) is 3. The first-order valence-electron chi connectivity index (χ1n) is 9.47. The second-order valence-electron chi connectivity index (χ2n) is 7.46. The molecule has 26 heavy (non-hydrogen) atoms. The van der Waals surface area contributed by atoms with Crippen LogP contribution in [-0.2, 0) is 17.8 Å². The Morgan fingerprint density at radius 3 is 2.42 bits per heavy atom. The van der Waals surface area contributed by atoms with Crippen LogP contribution in [0.5, 0.6) is 5.75 Å². The molecule has 1 N–H and O–H groups in total. The summed E-state index contributed by atoms with van der Waals surface area (Å²) in [7, 11) is 1.95. The van der Waals surface area contributed by atoms with Crippen LogP contribution in [0.25, 0.3) is 0 Å². The van der Waals surface area contributed by atoms with E-state index in [0.29, 0.717) is 6.61 Å². The summed E-state index contributed by atoms with van der Waals surface area (Å²) >= 11 is 0. The van der Waals surface area contributed by atoms with Crippen LogP contribution in [-0.4, -0.2) is 29.6 Å². The molecule has 2 aromatic rings. The smallest absolute Gasteiger partial charge is 0.241 e. The van der Waals surface area contributed by atoms with Crippen LogP contribution in [0.4, 0.5) is 0 Å². The number of benzene rings is 2. The van der Waals surface area contributed by atoms with E-state index in [1.54, 1.807) is 0 Å². The number of nitrogens with zero attached hydrogens (tertiary/aromatic N) is 1. The first-order chi connectivity index (χ1) is 12.7. The molecule has 136 valence electrons. The van der Waals surface area contributed by atoms with Crippen LogP contribution >= 0.6 is 0 Å². The molecule has 2 fully saturated rings. The first kappa shape index (κ1) is 17.1. The number of hydrogen-bond donors (Lipinski definition) is 1. The van der Waals surface area contributed by atoms with Crippen molar-refractivity contribution in [3.63, 3.8) is 0 Å². The van der Waals surface area contributed by atoms with E-state index in [-0.39, 0.29) is 17.6 Å². The van der Waals surface area contributed by atoms with Crippen LogP contribution in [0.1, 0.15) is 36.8 Å². The summed E-state index contributed by atoms with van der Waals surface area (Å²) < 4.78 is 5.84. The minimum absolute atomic E-state index is 0.0967. The highest BCUT2D eigenvalue weighted by atomic mass is 16.5. The van der Waals surface area contributed by atoms with E-state index in [4.69, 9.17) is 4.74 Å². The predicted molar refractivity (Wildman–Crippen MR) is 102 cm³/mol. The van der Waals surface area contributed by atoms with Crippen molar-refractivity contribution in [2.75, 3.05) is 7.05 Å². The molecule has 1 aliphatic carbocycles. The fraction of sp³-hybridized carbons (Fsp3) is 0.409. The van der Waals surface area contributed by atoms with Crippen molar-refractivity contribution in [2.24, 2.45) is 0 Å². The topological polar surface area (TPSA) is 41.6 Å². The Labute approximate surface area is 155 Å². The third kappa shape index (κ3) is 3.34. The zero-order valence-corrected chi connectivity index (χ0v) is 15.3. The second-order valence-corrected chi connectivity index (χ2v) is 7.46. The normalized spacial score (nSPS) is 21.5. The minimum Gasteiger partial charge on any atom is -0.489 e. The van der Waals surface area contributed by atoms with Gasteiger partial charge in [0, 0.05) is 7.05 Å². The van der Waals surface area contributed by atoms with Gasteiger partial charge < -0.3 is 9.64 Å². The van der Waals surface area contributed by atoms with Crippen molar-refractivity contribution in [1.82, 2.24) is 10.2 Å². The van der Waals surface area contributed by atoms with E-state index in [1.165, 1.54) is 12.8 Å². The summed E-state index contributed by atoms with van der Waals surface area (Å²) in [5.74, 6) is 1.07. The zero-order chi connectivity index (χ0) is 18.0. The Kier molecular flexibility index (Phi) is 4.68. The number of amides is 1. The number of carbonyl (C=O) groups excluding carboxylic acids is 1. The van der Waals surface area contributed by atoms with Crippen molar-refractivity contribution in [1.29, 1.82) is 0 Å². The number of nitrogens with one attached hydrogen (secondary N) is 1. The maximum atomic E-state index is 12.6. The summed E-state index contributed by atoms with van der Waals surface area (Å²) in [6, 6.07) is 18.1. The van der Waals surface area contributed by atoms with Crippen LogP contribution in [0.15, 0.2) is 54.6 Å². The lowest BCUT2D eigenvalue weighted by molar-refractivity contribution is -0.130. The maximum Gasteiger partial charge on any atom is 0.241 e. The highest BCUT2D eigenvalue weighted by Crippen LogP contribution is 2.37. The summed E-state index contributed by atoms with van der Waals surface area (Å²) in [6.07, 6.45) is 5.26. The molecule has 4 rings (SSSR count). The fourth-order valence-corrected chi connectivity index (χ4v) is 4.20. The Morgan fingerprint density at radius 1 is 1.04 bits per heavy atom. The molecule has 1 saturated carbocycles. The summed E-state index contributed by atoms with van der Waals surface area (Å²) in [5, 5.41) is 3.62. The molecule has 1 spiro atoms. The Bertz CT molecular complexity index is 751. The molecule has 2 aliphatic rings. The number of rotatable bonds is 5. The van der Waals surface area contributed by atoms with Crippen LogP contribution in [0.2, 0.25) is 0 Å². The predicted octanol–water partition coefficient (Wildman–Crippen LogP) is 3.51. The summed E-state index contributed by atoms with van der Waals surface area (Å²) in [5.41, 5.74) is 2.22. The molecule has 1 amide bonds. The van der Waals surface area contributed by atoms with Crippen molar-refractivity contribution in [3.8, 4) is 5.75 Å². The lowest BCUT2D eigenvalue weighted by Gasteiger charge is -2.31. The molecular weight excluding hydrogens is 324 g/mol. The quantitative estimate of drug-likeness (QED) is 0.897. The standard InChI is InChI=1S/C22H26N2O2/c1-24-21(25)20(23-22(24)13-5-6-14-22)15-17-9-11-19(12-10-17)26-16-18-7-3-2-4-8-18/h2-4,7-12,20,23H,5-6,13-16H2,1H3/t20-/m0/s1. The van der Waals surface area contributed by atoms with E-state index in [9.17, 15) is 4.79 Å². The van der Waals surface area contributed by atoms with Crippen molar-refractivity contribution < 1.29 is 9.53 Å². The van der Waals surface area contributed by atoms with Crippen molar-refractivity contribution in [3.05, 3.63) is 65.7 Å². The van der Waals surface area contributed by atoms with E-state index in [0.717, 1.165) is 36.1 Å². The molecular formula is C22H26N2O2. The van der Waals surface area contributed by atoms with Gasteiger partial charge in [-0.1, -0.05) is 42.5 Å². The molecule has 1 saturated heterocycles. The van der Waals surface area contributed by atoms with E-state index >= 15 is 0 Å². The van der Waals surface area contributed by atoms with Crippen molar-refractivity contribution >= 4 is 5.91 Å². The van der Waals surface area contributed by atoms with Gasteiger partial charge in [0.2, 0.25) is 5.91 Å². The second kappa shape index (κ2) is 7.12. The third-order valence-corrected chi connectivity index (χ3v) is 5.76. The lowest BCUT2D eigenvalue weighted by Crippen LogP contribution is -2.48. The van der Waals surface area contributed by atoms with Crippen LogP contribution in [0, 0.1) is 0 Å². The van der Waals surface area contributed by atoms with Gasteiger partial charge in [0.25, 0.3) is 0 Å². The number of ether oxygens (including phenoxy) is 1. The van der Waals surface area contributed by atoms with Gasteiger partial charge >= 0.3 is 0 Å². The number of carbonyl (C=O) groups is 1. The molecule has 0 radical (unpaired) electrons. The highest BCUT2D eigenvalue weighted by Gasteiger charge is 2.49. The first-order valence-corrected chi connectivity index (χ1v) is 9.47. The van der Waals surface area contributed by atoms with Gasteiger partial charge in [-0.05, 0) is 55.4 Å². The van der Waals surface area contributed by atoms with Gasteiger partial charge in [0.15, 0.2) is 0 Å². The van der Waals surface area contributed by atoms with Gasteiger partial charge in [-0.15, -0.1) is 0 Å². The molecule has 4 nitrogen and oxygen atoms in total. The van der Waals surface area contributed by atoms with Crippen LogP contribution < -0.4 is 10.1 Å².